The maximum atomic E-state index is 6.00. The molecule has 0 aliphatic carbocycles. The van der Waals surface area contributed by atoms with Gasteiger partial charge in [-0.15, -0.1) is 0 Å². The molecule has 0 saturated carbocycles. The molecule has 2 saturated heterocycles. The lowest BCUT2D eigenvalue weighted by Crippen LogP contribution is -2.42. The fraction of sp³-hybridized carbons (Fsp3) is 0.625. The fourth-order valence-corrected chi connectivity index (χ4v) is 3.50. The second-order valence-electron chi connectivity index (χ2n) is 6.62. The minimum absolute atomic E-state index is 0.329. The SMILES string of the molecule is CC(C)(C)[C@@H]1CC[C@H]2OC[C@H](c3ccccc3)N12. The highest BCUT2D eigenvalue weighted by molar-refractivity contribution is 5.21. The van der Waals surface area contributed by atoms with Crippen molar-refractivity contribution in [3.63, 3.8) is 0 Å². The first-order valence-corrected chi connectivity index (χ1v) is 7.01. The summed E-state index contributed by atoms with van der Waals surface area (Å²) in [4.78, 5) is 2.62. The highest BCUT2D eigenvalue weighted by Crippen LogP contribution is 2.45. The lowest BCUT2D eigenvalue weighted by Gasteiger charge is -2.37. The van der Waals surface area contributed by atoms with Crippen LogP contribution in [0.3, 0.4) is 0 Å². The summed E-state index contributed by atoms with van der Waals surface area (Å²) in [6.07, 6.45) is 2.79. The average Bonchev–Trinajstić information content (AvgIpc) is 2.88. The van der Waals surface area contributed by atoms with Gasteiger partial charge in [-0.25, -0.2) is 0 Å². The summed E-state index contributed by atoms with van der Waals surface area (Å²) >= 11 is 0. The van der Waals surface area contributed by atoms with Crippen LogP contribution in [0.4, 0.5) is 0 Å². The van der Waals surface area contributed by atoms with Crippen LogP contribution in [0, 0.1) is 5.41 Å². The Labute approximate surface area is 110 Å². The molecule has 0 unspecified atom stereocenters. The molecule has 2 aliphatic heterocycles. The van der Waals surface area contributed by atoms with Crippen molar-refractivity contribution < 1.29 is 4.74 Å². The Morgan fingerprint density at radius 1 is 1.11 bits per heavy atom. The monoisotopic (exact) mass is 245 g/mol. The van der Waals surface area contributed by atoms with Crippen LogP contribution >= 0.6 is 0 Å². The predicted octanol–water partition coefficient (Wildman–Crippen LogP) is 3.59. The first kappa shape index (κ1) is 12.2. The Morgan fingerprint density at radius 2 is 1.83 bits per heavy atom. The molecule has 0 spiro atoms. The maximum Gasteiger partial charge on any atom is 0.111 e. The minimum Gasteiger partial charge on any atom is -0.361 e. The standard InChI is InChI=1S/C16H23NO/c1-16(2,3)14-9-10-15-17(14)13(11-18-15)12-7-5-4-6-8-12/h4-8,13-15H,9-11H2,1-3H3/t13-,14+,15-/m1/s1. The van der Waals surface area contributed by atoms with Crippen LogP contribution < -0.4 is 0 Å². The van der Waals surface area contributed by atoms with Gasteiger partial charge in [-0.3, -0.25) is 4.90 Å². The third-order valence-corrected chi connectivity index (χ3v) is 4.37. The molecule has 2 fully saturated rings. The van der Waals surface area contributed by atoms with Crippen LogP contribution in [-0.4, -0.2) is 23.8 Å². The van der Waals surface area contributed by atoms with Crippen LogP contribution in [0.1, 0.15) is 45.2 Å². The number of hydrogen-bond acceptors (Lipinski definition) is 2. The van der Waals surface area contributed by atoms with Crippen molar-refractivity contribution >= 4 is 0 Å². The zero-order valence-electron chi connectivity index (χ0n) is 11.6. The third kappa shape index (κ3) is 1.98. The van der Waals surface area contributed by atoms with E-state index in [9.17, 15) is 0 Å². The molecule has 98 valence electrons. The Bertz CT molecular complexity index is 409. The van der Waals surface area contributed by atoms with E-state index in [2.05, 4.69) is 56.0 Å². The van der Waals surface area contributed by atoms with Crippen molar-refractivity contribution in [1.29, 1.82) is 0 Å². The van der Waals surface area contributed by atoms with Gasteiger partial charge in [0.1, 0.15) is 6.23 Å². The summed E-state index contributed by atoms with van der Waals surface area (Å²) in [7, 11) is 0. The van der Waals surface area contributed by atoms with E-state index in [0.29, 0.717) is 23.7 Å². The predicted molar refractivity (Wildman–Crippen MR) is 73.2 cm³/mol. The van der Waals surface area contributed by atoms with Crippen molar-refractivity contribution in [3.05, 3.63) is 35.9 Å². The Hall–Kier alpha value is -0.860. The van der Waals surface area contributed by atoms with Crippen molar-refractivity contribution in [2.75, 3.05) is 6.61 Å². The molecule has 2 heterocycles. The van der Waals surface area contributed by atoms with Gasteiger partial charge < -0.3 is 4.74 Å². The van der Waals surface area contributed by atoms with Crippen LogP contribution in [0.5, 0.6) is 0 Å². The van der Waals surface area contributed by atoms with E-state index in [1.54, 1.807) is 0 Å². The number of nitrogens with zero attached hydrogens (tertiary/aromatic N) is 1. The van der Waals surface area contributed by atoms with E-state index in [1.807, 2.05) is 0 Å². The quantitative estimate of drug-likeness (QED) is 0.749. The number of fused-ring (bicyclic) bond motifs is 1. The van der Waals surface area contributed by atoms with Gasteiger partial charge in [-0.2, -0.15) is 0 Å². The van der Waals surface area contributed by atoms with Crippen molar-refractivity contribution in [2.45, 2.75) is 51.9 Å². The molecule has 1 aromatic carbocycles. The first-order valence-electron chi connectivity index (χ1n) is 7.01. The normalized spacial score (nSPS) is 32.7. The summed E-state index contributed by atoms with van der Waals surface area (Å²) in [5.41, 5.74) is 1.73. The van der Waals surface area contributed by atoms with Crippen LogP contribution in [0.15, 0.2) is 30.3 Å². The van der Waals surface area contributed by atoms with Gasteiger partial charge in [0.05, 0.1) is 12.6 Å². The van der Waals surface area contributed by atoms with Gasteiger partial charge in [0.2, 0.25) is 0 Å². The van der Waals surface area contributed by atoms with E-state index in [4.69, 9.17) is 4.74 Å². The molecule has 2 aliphatic rings. The van der Waals surface area contributed by atoms with Gasteiger partial charge in [0.15, 0.2) is 0 Å². The molecular weight excluding hydrogens is 222 g/mol. The zero-order chi connectivity index (χ0) is 12.8. The maximum absolute atomic E-state index is 6.00. The van der Waals surface area contributed by atoms with Crippen LogP contribution in [0.2, 0.25) is 0 Å². The number of hydrogen-bond donors (Lipinski definition) is 0. The van der Waals surface area contributed by atoms with E-state index in [-0.39, 0.29) is 0 Å². The Kier molecular flexibility index (Phi) is 2.95. The molecule has 0 radical (unpaired) electrons. The summed E-state index contributed by atoms with van der Waals surface area (Å²) < 4.78 is 6.00. The molecule has 0 bridgehead atoms. The fourth-order valence-electron chi connectivity index (χ4n) is 3.50. The highest BCUT2D eigenvalue weighted by atomic mass is 16.5. The van der Waals surface area contributed by atoms with Gasteiger partial charge in [0, 0.05) is 6.04 Å². The molecule has 3 atom stereocenters. The van der Waals surface area contributed by atoms with Crippen LogP contribution in [0.25, 0.3) is 0 Å². The van der Waals surface area contributed by atoms with Crippen LogP contribution in [-0.2, 0) is 4.74 Å². The summed E-state index contributed by atoms with van der Waals surface area (Å²) in [6.45, 7) is 7.89. The Morgan fingerprint density at radius 3 is 2.50 bits per heavy atom. The number of ether oxygens (including phenoxy) is 1. The van der Waals surface area contributed by atoms with Gasteiger partial charge >= 0.3 is 0 Å². The molecule has 0 N–H and O–H groups in total. The summed E-state index contributed by atoms with van der Waals surface area (Å²) in [5.74, 6) is 0. The average molecular weight is 245 g/mol. The molecule has 2 heteroatoms. The molecule has 2 nitrogen and oxygen atoms in total. The Balaban J connectivity index is 1.89. The topological polar surface area (TPSA) is 12.5 Å². The molecule has 1 aromatic rings. The van der Waals surface area contributed by atoms with Crippen molar-refractivity contribution in [2.24, 2.45) is 5.41 Å². The lowest BCUT2D eigenvalue weighted by molar-refractivity contribution is 0.0242. The first-order chi connectivity index (χ1) is 8.57. The molecular formula is C16H23NO. The molecule has 3 rings (SSSR count). The summed E-state index contributed by atoms with van der Waals surface area (Å²) in [5, 5.41) is 0. The van der Waals surface area contributed by atoms with E-state index >= 15 is 0 Å². The van der Waals surface area contributed by atoms with Crippen molar-refractivity contribution in [1.82, 2.24) is 4.90 Å². The molecule has 0 aromatic heterocycles. The zero-order valence-corrected chi connectivity index (χ0v) is 11.6. The minimum atomic E-state index is 0.329. The second kappa shape index (κ2) is 4.36. The van der Waals surface area contributed by atoms with E-state index < -0.39 is 0 Å². The smallest absolute Gasteiger partial charge is 0.111 e. The largest absolute Gasteiger partial charge is 0.361 e. The van der Waals surface area contributed by atoms with Gasteiger partial charge in [-0.05, 0) is 23.8 Å². The third-order valence-electron chi connectivity index (χ3n) is 4.37. The number of benzene rings is 1. The molecule has 18 heavy (non-hydrogen) atoms. The second-order valence-corrected chi connectivity index (χ2v) is 6.62. The molecule has 0 amide bonds. The van der Waals surface area contributed by atoms with Gasteiger partial charge in [0.25, 0.3) is 0 Å². The van der Waals surface area contributed by atoms with E-state index in [1.165, 1.54) is 18.4 Å². The van der Waals surface area contributed by atoms with Gasteiger partial charge in [-0.1, -0.05) is 51.1 Å². The van der Waals surface area contributed by atoms with Crippen molar-refractivity contribution in [3.8, 4) is 0 Å². The number of rotatable bonds is 1. The highest BCUT2D eigenvalue weighted by Gasteiger charge is 2.47. The lowest BCUT2D eigenvalue weighted by atomic mass is 9.84. The van der Waals surface area contributed by atoms with E-state index in [0.717, 1.165) is 6.61 Å². The summed E-state index contributed by atoms with van der Waals surface area (Å²) in [6, 6.07) is 11.9.